The van der Waals surface area contributed by atoms with Gasteiger partial charge in [0.2, 0.25) is 5.91 Å². The number of alkyl halides is 2. The van der Waals surface area contributed by atoms with E-state index in [0.29, 0.717) is 0 Å². The summed E-state index contributed by atoms with van der Waals surface area (Å²) in [6, 6.07) is -0.516. The number of hydrogen-bond acceptors (Lipinski definition) is 4. The second kappa shape index (κ2) is 9.49. The minimum Gasteiger partial charge on any atom is -0.409 e. The largest absolute Gasteiger partial charge is 0.409 e. The van der Waals surface area contributed by atoms with Gasteiger partial charge in [0.25, 0.3) is 6.43 Å². The van der Waals surface area contributed by atoms with Gasteiger partial charge in [-0.1, -0.05) is 24.4 Å². The highest BCUT2D eigenvalue weighted by Crippen LogP contribution is 2.26. The summed E-state index contributed by atoms with van der Waals surface area (Å²) in [5.41, 5.74) is 5.65. The molecule has 0 saturated heterocycles. The first-order chi connectivity index (χ1) is 10.0. The molecule has 1 amide bonds. The van der Waals surface area contributed by atoms with Crippen molar-refractivity contribution in [1.82, 2.24) is 5.32 Å². The Balaban J connectivity index is 2.42. The lowest BCUT2D eigenvalue weighted by molar-refractivity contribution is -0.123. The smallest absolute Gasteiger partial charge is 0.261 e. The summed E-state index contributed by atoms with van der Waals surface area (Å²) < 4.78 is 28.4. The predicted molar refractivity (Wildman–Crippen MR) is 73.4 cm³/mol. The van der Waals surface area contributed by atoms with Crippen LogP contribution in [0, 0.1) is 5.92 Å². The van der Waals surface area contributed by atoms with Crippen LogP contribution in [0.5, 0.6) is 0 Å². The lowest BCUT2D eigenvalue weighted by Gasteiger charge is -2.30. The molecule has 1 fully saturated rings. The molecule has 0 aliphatic heterocycles. The molecule has 0 spiro atoms. The van der Waals surface area contributed by atoms with Gasteiger partial charge in [-0.25, -0.2) is 8.78 Å². The molecule has 0 bridgehead atoms. The lowest BCUT2D eigenvalue weighted by Crippen LogP contribution is -2.50. The maximum absolute atomic E-state index is 11.9. The van der Waals surface area contributed by atoms with E-state index in [2.05, 4.69) is 15.2 Å². The molecule has 0 heterocycles. The van der Waals surface area contributed by atoms with Crippen molar-refractivity contribution in [3.8, 4) is 0 Å². The molecule has 122 valence electrons. The number of hydrogen-bond donors (Lipinski definition) is 3. The molecule has 1 unspecified atom stereocenters. The van der Waals surface area contributed by atoms with Crippen molar-refractivity contribution >= 4 is 11.7 Å². The fourth-order valence-electron chi connectivity index (χ4n) is 2.55. The number of halogens is 2. The second-order valence-corrected chi connectivity index (χ2v) is 5.18. The fourth-order valence-corrected chi connectivity index (χ4v) is 2.55. The predicted octanol–water partition coefficient (Wildman–Crippen LogP) is 1.47. The average Bonchev–Trinajstić information content (AvgIpc) is 2.49. The van der Waals surface area contributed by atoms with Gasteiger partial charge in [-0.2, -0.15) is 0 Å². The van der Waals surface area contributed by atoms with E-state index >= 15 is 0 Å². The summed E-state index contributed by atoms with van der Waals surface area (Å²) in [4.78, 5) is 11.8. The maximum Gasteiger partial charge on any atom is 0.261 e. The molecule has 1 aliphatic rings. The summed E-state index contributed by atoms with van der Waals surface area (Å²) in [5.74, 6) is -0.240. The molecule has 1 rings (SSSR count). The molecule has 1 saturated carbocycles. The number of carbonyl (C=O) groups is 1. The van der Waals surface area contributed by atoms with Crippen LogP contribution in [0.2, 0.25) is 0 Å². The quantitative estimate of drug-likeness (QED) is 0.208. The zero-order valence-corrected chi connectivity index (χ0v) is 11.9. The number of amidine groups is 1. The number of carbonyl (C=O) groups excluding carboxylic acids is 1. The van der Waals surface area contributed by atoms with Crippen molar-refractivity contribution in [2.45, 2.75) is 51.0 Å². The van der Waals surface area contributed by atoms with E-state index < -0.39 is 19.1 Å². The van der Waals surface area contributed by atoms with Crippen LogP contribution in [-0.2, 0) is 9.53 Å². The number of nitrogens with one attached hydrogen (secondary N) is 1. The third-order valence-corrected chi connectivity index (χ3v) is 3.59. The van der Waals surface area contributed by atoms with Gasteiger partial charge in [0, 0.05) is 6.42 Å². The average molecular weight is 307 g/mol. The monoisotopic (exact) mass is 307 g/mol. The maximum atomic E-state index is 11.9. The Hall–Kier alpha value is -1.44. The third kappa shape index (κ3) is 6.70. The minimum absolute atomic E-state index is 0.0243. The van der Waals surface area contributed by atoms with E-state index in [9.17, 15) is 13.6 Å². The third-order valence-electron chi connectivity index (χ3n) is 3.59. The van der Waals surface area contributed by atoms with Crippen LogP contribution in [0.1, 0.15) is 38.5 Å². The minimum atomic E-state index is -2.54. The SMILES string of the molecule is NC(=NO)C(NC(=O)CCOCC(F)F)C1CCCCC1. The number of amides is 1. The first-order valence-electron chi connectivity index (χ1n) is 7.17. The van der Waals surface area contributed by atoms with Gasteiger partial charge >= 0.3 is 0 Å². The standard InChI is InChI=1S/C13H23F2N3O3/c14-10(15)8-21-7-6-11(19)17-12(13(16)18-20)9-4-2-1-3-5-9/h9-10,12,20H,1-8H2,(H2,16,18)(H,17,19). The zero-order chi connectivity index (χ0) is 15.7. The summed E-state index contributed by atoms with van der Waals surface area (Å²) in [6.07, 6.45) is 2.48. The normalized spacial score (nSPS) is 18.7. The molecule has 4 N–H and O–H groups in total. The molecule has 0 aromatic rings. The molecule has 21 heavy (non-hydrogen) atoms. The molecule has 0 radical (unpaired) electrons. The van der Waals surface area contributed by atoms with Crippen LogP contribution < -0.4 is 11.1 Å². The van der Waals surface area contributed by atoms with E-state index in [4.69, 9.17) is 10.9 Å². The van der Waals surface area contributed by atoms with Crippen LogP contribution >= 0.6 is 0 Å². The molecular formula is C13H23F2N3O3. The molecule has 0 aromatic heterocycles. The molecule has 6 nitrogen and oxygen atoms in total. The van der Waals surface area contributed by atoms with Crippen molar-refractivity contribution in [2.75, 3.05) is 13.2 Å². The molecular weight excluding hydrogens is 284 g/mol. The first kappa shape index (κ1) is 17.6. The van der Waals surface area contributed by atoms with E-state index in [0.717, 1.165) is 32.1 Å². The van der Waals surface area contributed by atoms with Crippen LogP contribution in [-0.4, -0.2) is 42.6 Å². The Morgan fingerprint density at radius 3 is 2.62 bits per heavy atom. The number of nitrogens with zero attached hydrogens (tertiary/aromatic N) is 1. The summed E-state index contributed by atoms with van der Waals surface area (Å²) >= 11 is 0. The highest BCUT2D eigenvalue weighted by atomic mass is 19.3. The topological polar surface area (TPSA) is 96.9 Å². The molecule has 0 aromatic carbocycles. The van der Waals surface area contributed by atoms with Gasteiger partial charge in [0.05, 0.1) is 12.6 Å². The molecule has 8 heteroatoms. The lowest BCUT2D eigenvalue weighted by atomic mass is 9.83. The number of oxime groups is 1. The number of ether oxygens (including phenoxy) is 1. The van der Waals surface area contributed by atoms with Gasteiger partial charge in [-0.15, -0.1) is 0 Å². The van der Waals surface area contributed by atoms with Crippen molar-refractivity contribution in [1.29, 1.82) is 0 Å². The molecule has 1 atom stereocenters. The first-order valence-corrected chi connectivity index (χ1v) is 7.17. The second-order valence-electron chi connectivity index (χ2n) is 5.18. The van der Waals surface area contributed by atoms with Crippen molar-refractivity contribution < 1.29 is 23.5 Å². The van der Waals surface area contributed by atoms with Gasteiger partial charge in [-0.05, 0) is 18.8 Å². The van der Waals surface area contributed by atoms with Crippen molar-refractivity contribution in [3.05, 3.63) is 0 Å². The van der Waals surface area contributed by atoms with Crippen LogP contribution in [0.25, 0.3) is 0 Å². The van der Waals surface area contributed by atoms with Gasteiger partial charge in [0.1, 0.15) is 6.61 Å². The van der Waals surface area contributed by atoms with Crippen molar-refractivity contribution in [2.24, 2.45) is 16.8 Å². The number of nitrogens with two attached hydrogens (primary N) is 1. The van der Waals surface area contributed by atoms with E-state index in [1.807, 2.05) is 0 Å². The number of rotatable bonds is 8. The summed E-state index contributed by atoms with van der Waals surface area (Å²) in [5, 5.41) is 14.5. The highest BCUT2D eigenvalue weighted by molar-refractivity contribution is 5.90. The summed E-state index contributed by atoms with van der Waals surface area (Å²) in [7, 11) is 0. The Labute approximate surface area is 122 Å². The zero-order valence-electron chi connectivity index (χ0n) is 11.9. The summed E-state index contributed by atoms with van der Waals surface area (Å²) in [6.45, 7) is -0.761. The van der Waals surface area contributed by atoms with Gasteiger partial charge in [0.15, 0.2) is 5.84 Å². The van der Waals surface area contributed by atoms with E-state index in [1.165, 1.54) is 0 Å². The van der Waals surface area contributed by atoms with E-state index in [1.54, 1.807) is 0 Å². The Morgan fingerprint density at radius 2 is 2.05 bits per heavy atom. The Morgan fingerprint density at radius 1 is 1.38 bits per heavy atom. The van der Waals surface area contributed by atoms with Crippen LogP contribution in [0.15, 0.2) is 5.16 Å². The fraction of sp³-hybridized carbons (Fsp3) is 0.846. The van der Waals surface area contributed by atoms with E-state index in [-0.39, 0.29) is 30.7 Å². The van der Waals surface area contributed by atoms with Crippen LogP contribution in [0.4, 0.5) is 8.78 Å². The van der Waals surface area contributed by atoms with Crippen molar-refractivity contribution in [3.63, 3.8) is 0 Å². The molecule has 1 aliphatic carbocycles. The van der Waals surface area contributed by atoms with Gasteiger partial charge in [-0.3, -0.25) is 4.79 Å². The Kier molecular flexibility index (Phi) is 7.96. The van der Waals surface area contributed by atoms with Gasteiger partial charge < -0.3 is 21.0 Å². The Bertz CT molecular complexity index is 348. The van der Waals surface area contributed by atoms with Crippen LogP contribution in [0.3, 0.4) is 0 Å². The highest BCUT2D eigenvalue weighted by Gasteiger charge is 2.28.